The van der Waals surface area contributed by atoms with E-state index in [0.29, 0.717) is 5.92 Å². The first-order valence-corrected chi connectivity index (χ1v) is 5.67. The van der Waals surface area contributed by atoms with Gasteiger partial charge in [0.05, 0.1) is 0 Å². The van der Waals surface area contributed by atoms with Gasteiger partial charge in [0.2, 0.25) is 0 Å². The largest absolute Gasteiger partial charge is 0.324 e. The highest BCUT2D eigenvalue weighted by atomic mass is 79.9. The first kappa shape index (κ1) is 10.1. The number of halogens is 2. The summed E-state index contributed by atoms with van der Waals surface area (Å²) in [5, 5.41) is 0. The van der Waals surface area contributed by atoms with Gasteiger partial charge in [0, 0.05) is 10.5 Å². The van der Waals surface area contributed by atoms with Crippen molar-refractivity contribution in [3.63, 3.8) is 0 Å². The van der Waals surface area contributed by atoms with E-state index >= 15 is 0 Å². The summed E-state index contributed by atoms with van der Waals surface area (Å²) in [5.74, 6) is 0.327. The van der Waals surface area contributed by atoms with Gasteiger partial charge in [0.1, 0.15) is 5.82 Å². The Morgan fingerprint density at radius 3 is 2.57 bits per heavy atom. The Labute approximate surface area is 91.6 Å². The molecule has 0 saturated heterocycles. The van der Waals surface area contributed by atoms with Crippen LogP contribution < -0.4 is 5.73 Å². The molecule has 0 aliphatic heterocycles. The van der Waals surface area contributed by atoms with Crippen LogP contribution in [0.25, 0.3) is 0 Å². The summed E-state index contributed by atoms with van der Waals surface area (Å²) in [4.78, 5) is 0. The van der Waals surface area contributed by atoms with Crippen LogP contribution in [0.5, 0.6) is 0 Å². The van der Waals surface area contributed by atoms with Gasteiger partial charge >= 0.3 is 0 Å². The zero-order valence-electron chi connectivity index (χ0n) is 7.84. The molecule has 0 aromatic heterocycles. The van der Waals surface area contributed by atoms with E-state index in [0.717, 1.165) is 10.0 Å². The SMILES string of the molecule is NC(c1cc(F)cc(Br)c1)C1CCC1. The molecule has 3 heteroatoms. The molecule has 2 rings (SSSR count). The Balaban J connectivity index is 2.21. The molecule has 0 bridgehead atoms. The van der Waals surface area contributed by atoms with Gasteiger partial charge in [-0.05, 0) is 42.5 Å². The van der Waals surface area contributed by atoms with Crippen molar-refractivity contribution in [3.8, 4) is 0 Å². The summed E-state index contributed by atoms with van der Waals surface area (Å²) in [6.07, 6.45) is 3.61. The lowest BCUT2D eigenvalue weighted by atomic mass is 9.77. The summed E-state index contributed by atoms with van der Waals surface area (Å²) in [6, 6.07) is 4.90. The smallest absolute Gasteiger partial charge is 0.124 e. The van der Waals surface area contributed by atoms with Crippen LogP contribution in [-0.4, -0.2) is 0 Å². The zero-order valence-corrected chi connectivity index (χ0v) is 9.43. The highest BCUT2D eigenvalue weighted by Crippen LogP contribution is 2.36. The Kier molecular flexibility index (Phi) is 2.88. The van der Waals surface area contributed by atoms with E-state index in [1.165, 1.54) is 31.4 Å². The minimum absolute atomic E-state index is 0.00394. The van der Waals surface area contributed by atoms with Crippen LogP contribution in [0.3, 0.4) is 0 Å². The maximum atomic E-state index is 13.1. The molecule has 1 aliphatic rings. The van der Waals surface area contributed by atoms with E-state index in [2.05, 4.69) is 15.9 Å². The number of benzene rings is 1. The molecule has 1 aromatic rings. The second-order valence-electron chi connectivity index (χ2n) is 3.92. The maximum Gasteiger partial charge on any atom is 0.124 e. The monoisotopic (exact) mass is 257 g/mol. The molecule has 0 amide bonds. The minimum Gasteiger partial charge on any atom is -0.324 e. The van der Waals surface area contributed by atoms with Crippen molar-refractivity contribution in [3.05, 3.63) is 34.1 Å². The molecule has 0 spiro atoms. The second-order valence-corrected chi connectivity index (χ2v) is 4.84. The third-order valence-corrected chi connectivity index (χ3v) is 3.39. The van der Waals surface area contributed by atoms with Crippen LogP contribution in [-0.2, 0) is 0 Å². The highest BCUT2D eigenvalue weighted by Gasteiger charge is 2.25. The average Bonchev–Trinajstić information content (AvgIpc) is 1.98. The molecule has 14 heavy (non-hydrogen) atoms. The lowest BCUT2D eigenvalue weighted by molar-refractivity contribution is 0.264. The van der Waals surface area contributed by atoms with E-state index in [1.54, 1.807) is 0 Å². The van der Waals surface area contributed by atoms with Crippen molar-refractivity contribution >= 4 is 15.9 Å². The fourth-order valence-corrected chi connectivity index (χ4v) is 2.32. The second kappa shape index (κ2) is 3.99. The molecule has 1 unspecified atom stereocenters. The summed E-state index contributed by atoms with van der Waals surface area (Å²) in [7, 11) is 0. The number of hydrogen-bond donors (Lipinski definition) is 1. The molecular weight excluding hydrogens is 245 g/mol. The van der Waals surface area contributed by atoms with Crippen LogP contribution in [0.1, 0.15) is 30.9 Å². The fraction of sp³-hybridized carbons (Fsp3) is 0.455. The zero-order chi connectivity index (χ0) is 10.1. The van der Waals surface area contributed by atoms with Gasteiger partial charge in [-0.25, -0.2) is 4.39 Å². The maximum absolute atomic E-state index is 13.1. The summed E-state index contributed by atoms with van der Waals surface area (Å²) < 4.78 is 13.9. The Hall–Kier alpha value is -0.410. The lowest BCUT2D eigenvalue weighted by Gasteiger charge is -2.31. The summed E-state index contributed by atoms with van der Waals surface area (Å²) >= 11 is 3.27. The van der Waals surface area contributed by atoms with E-state index in [1.807, 2.05) is 6.07 Å². The van der Waals surface area contributed by atoms with E-state index in [9.17, 15) is 4.39 Å². The number of hydrogen-bond acceptors (Lipinski definition) is 1. The molecule has 1 atom stereocenters. The minimum atomic E-state index is -0.218. The van der Waals surface area contributed by atoms with Gasteiger partial charge < -0.3 is 5.73 Å². The first-order valence-electron chi connectivity index (χ1n) is 4.88. The highest BCUT2D eigenvalue weighted by molar-refractivity contribution is 9.10. The normalized spacial score (nSPS) is 19.1. The van der Waals surface area contributed by atoms with Gasteiger partial charge in [0.15, 0.2) is 0 Å². The average molecular weight is 258 g/mol. The molecule has 1 aliphatic carbocycles. The Morgan fingerprint density at radius 2 is 2.07 bits per heavy atom. The van der Waals surface area contributed by atoms with Crippen molar-refractivity contribution in [2.45, 2.75) is 25.3 Å². The van der Waals surface area contributed by atoms with Crippen molar-refractivity contribution in [1.29, 1.82) is 0 Å². The van der Waals surface area contributed by atoms with Crippen molar-refractivity contribution < 1.29 is 4.39 Å². The van der Waals surface area contributed by atoms with Crippen molar-refractivity contribution in [2.75, 3.05) is 0 Å². The topological polar surface area (TPSA) is 26.0 Å². The van der Waals surface area contributed by atoms with Gasteiger partial charge in [0.25, 0.3) is 0 Å². The molecule has 0 radical (unpaired) electrons. The molecular formula is C11H13BrFN. The van der Waals surface area contributed by atoms with Crippen LogP contribution in [0, 0.1) is 11.7 Å². The van der Waals surface area contributed by atoms with Crippen LogP contribution in [0.4, 0.5) is 4.39 Å². The van der Waals surface area contributed by atoms with Crippen molar-refractivity contribution in [1.82, 2.24) is 0 Å². The van der Waals surface area contributed by atoms with E-state index in [4.69, 9.17) is 5.73 Å². The molecule has 0 heterocycles. The summed E-state index contributed by atoms with van der Waals surface area (Å²) in [6.45, 7) is 0. The van der Waals surface area contributed by atoms with E-state index < -0.39 is 0 Å². The first-order chi connectivity index (χ1) is 6.66. The summed E-state index contributed by atoms with van der Waals surface area (Å²) in [5.41, 5.74) is 6.95. The standard InChI is InChI=1S/C11H13BrFN/c12-9-4-8(5-10(13)6-9)11(14)7-2-1-3-7/h4-7,11H,1-3,14H2. The quantitative estimate of drug-likeness (QED) is 0.864. The molecule has 1 aromatic carbocycles. The van der Waals surface area contributed by atoms with Crippen LogP contribution in [0.2, 0.25) is 0 Å². The molecule has 2 N–H and O–H groups in total. The number of nitrogens with two attached hydrogens (primary N) is 1. The Morgan fingerprint density at radius 1 is 1.36 bits per heavy atom. The molecule has 1 fully saturated rings. The van der Waals surface area contributed by atoms with Gasteiger partial charge in [-0.15, -0.1) is 0 Å². The van der Waals surface area contributed by atoms with Crippen molar-refractivity contribution in [2.24, 2.45) is 11.7 Å². The van der Waals surface area contributed by atoms with Crippen LogP contribution in [0.15, 0.2) is 22.7 Å². The van der Waals surface area contributed by atoms with Crippen LogP contribution >= 0.6 is 15.9 Å². The third-order valence-electron chi connectivity index (χ3n) is 2.93. The molecule has 1 saturated carbocycles. The predicted molar refractivity (Wildman–Crippen MR) is 58.4 cm³/mol. The fourth-order valence-electron chi connectivity index (χ4n) is 1.84. The van der Waals surface area contributed by atoms with Gasteiger partial charge in [-0.2, -0.15) is 0 Å². The van der Waals surface area contributed by atoms with Gasteiger partial charge in [-0.3, -0.25) is 0 Å². The number of rotatable bonds is 2. The van der Waals surface area contributed by atoms with E-state index in [-0.39, 0.29) is 11.9 Å². The molecule has 76 valence electrons. The molecule has 1 nitrogen and oxygen atoms in total. The van der Waals surface area contributed by atoms with Gasteiger partial charge in [-0.1, -0.05) is 22.4 Å². The lowest BCUT2D eigenvalue weighted by Crippen LogP contribution is -2.26. The third kappa shape index (κ3) is 1.98. The Bertz CT molecular complexity index is 316. The predicted octanol–water partition coefficient (Wildman–Crippen LogP) is 3.39.